The number of oxime groups is 1. The minimum Gasteiger partial charge on any atom is -0.386 e. The second-order valence-electron chi connectivity index (χ2n) is 4.73. The molecule has 0 aliphatic carbocycles. The molecule has 21 heavy (non-hydrogen) atoms. The van der Waals surface area contributed by atoms with Gasteiger partial charge in [-0.3, -0.25) is 4.79 Å². The van der Waals surface area contributed by atoms with Gasteiger partial charge < -0.3 is 10.2 Å². The SMILES string of the molecule is O=C(CO/N=C\c1ccc(Cl)cc1)N[C@@H]1CCS(=O)(=O)C1. The van der Waals surface area contributed by atoms with Crippen LogP contribution in [0.5, 0.6) is 0 Å². The van der Waals surface area contributed by atoms with Gasteiger partial charge in [0.05, 0.1) is 17.7 Å². The van der Waals surface area contributed by atoms with E-state index in [1.54, 1.807) is 24.3 Å². The molecule has 1 aliphatic rings. The molecule has 0 radical (unpaired) electrons. The summed E-state index contributed by atoms with van der Waals surface area (Å²) in [5.74, 6) is -0.273. The Morgan fingerprint density at radius 1 is 1.43 bits per heavy atom. The van der Waals surface area contributed by atoms with Crippen molar-refractivity contribution in [3.05, 3.63) is 34.9 Å². The molecule has 1 amide bonds. The van der Waals surface area contributed by atoms with Gasteiger partial charge in [-0.15, -0.1) is 0 Å². The molecule has 0 aromatic heterocycles. The van der Waals surface area contributed by atoms with Crippen LogP contribution in [0, 0.1) is 0 Å². The molecule has 114 valence electrons. The Morgan fingerprint density at radius 2 is 2.14 bits per heavy atom. The summed E-state index contributed by atoms with van der Waals surface area (Å²) in [5, 5.41) is 6.90. The Kier molecular flexibility index (Phi) is 5.19. The van der Waals surface area contributed by atoms with Crippen molar-refractivity contribution in [3.8, 4) is 0 Å². The van der Waals surface area contributed by atoms with Crippen molar-refractivity contribution in [3.63, 3.8) is 0 Å². The maximum absolute atomic E-state index is 11.5. The van der Waals surface area contributed by atoms with Crippen LogP contribution in [0.2, 0.25) is 5.02 Å². The van der Waals surface area contributed by atoms with E-state index in [2.05, 4.69) is 10.5 Å². The van der Waals surface area contributed by atoms with E-state index in [-0.39, 0.29) is 30.1 Å². The van der Waals surface area contributed by atoms with E-state index in [0.717, 1.165) is 5.56 Å². The standard InChI is InChI=1S/C13H15ClN2O4S/c14-11-3-1-10(2-4-11)7-15-20-8-13(17)16-12-5-6-21(18,19)9-12/h1-4,7,12H,5-6,8-9H2,(H,16,17)/b15-7-/t12-/m1/s1. The zero-order chi connectivity index (χ0) is 15.3. The molecule has 1 heterocycles. The van der Waals surface area contributed by atoms with Crippen LogP contribution in [0.25, 0.3) is 0 Å². The summed E-state index contributed by atoms with van der Waals surface area (Å²) >= 11 is 5.74. The third-order valence-electron chi connectivity index (χ3n) is 2.94. The predicted octanol–water partition coefficient (Wildman–Crippen LogP) is 0.994. The van der Waals surface area contributed by atoms with Crippen LogP contribution in [-0.2, 0) is 19.5 Å². The number of halogens is 1. The molecular weight excluding hydrogens is 316 g/mol. The minimum absolute atomic E-state index is 0.00716. The Morgan fingerprint density at radius 3 is 2.76 bits per heavy atom. The molecule has 0 spiro atoms. The molecule has 1 atom stereocenters. The van der Waals surface area contributed by atoms with Gasteiger partial charge in [-0.25, -0.2) is 8.42 Å². The van der Waals surface area contributed by atoms with E-state index in [1.165, 1.54) is 6.21 Å². The van der Waals surface area contributed by atoms with Gasteiger partial charge in [0.25, 0.3) is 5.91 Å². The zero-order valence-corrected chi connectivity index (χ0v) is 12.7. The Labute approximate surface area is 128 Å². The van der Waals surface area contributed by atoms with E-state index >= 15 is 0 Å². The second-order valence-corrected chi connectivity index (χ2v) is 7.39. The molecular formula is C13H15ClN2O4S. The van der Waals surface area contributed by atoms with Crippen LogP contribution in [-0.4, -0.2) is 44.7 Å². The fourth-order valence-electron chi connectivity index (χ4n) is 1.92. The largest absolute Gasteiger partial charge is 0.386 e. The molecule has 0 saturated carbocycles. The van der Waals surface area contributed by atoms with Gasteiger partial charge in [0.15, 0.2) is 16.4 Å². The average molecular weight is 331 g/mol. The first-order valence-corrected chi connectivity index (χ1v) is 8.55. The van der Waals surface area contributed by atoms with Gasteiger partial charge in [-0.05, 0) is 24.1 Å². The van der Waals surface area contributed by atoms with Crippen molar-refractivity contribution in [1.29, 1.82) is 0 Å². The van der Waals surface area contributed by atoms with Crippen molar-refractivity contribution in [1.82, 2.24) is 5.32 Å². The molecule has 0 bridgehead atoms. The quantitative estimate of drug-likeness (QED) is 0.644. The van der Waals surface area contributed by atoms with Crippen molar-refractivity contribution in [2.24, 2.45) is 5.16 Å². The Balaban J connectivity index is 1.71. The van der Waals surface area contributed by atoms with Crippen LogP contribution in [0.15, 0.2) is 29.4 Å². The number of hydrogen-bond donors (Lipinski definition) is 1. The number of carbonyl (C=O) groups is 1. The van der Waals surface area contributed by atoms with Gasteiger partial charge in [0.2, 0.25) is 0 Å². The highest BCUT2D eigenvalue weighted by Gasteiger charge is 2.28. The lowest BCUT2D eigenvalue weighted by atomic mass is 10.2. The predicted molar refractivity (Wildman–Crippen MR) is 80.2 cm³/mol. The van der Waals surface area contributed by atoms with Crippen molar-refractivity contribution in [2.45, 2.75) is 12.5 Å². The summed E-state index contributed by atoms with van der Waals surface area (Å²) in [6.45, 7) is -0.249. The number of carbonyl (C=O) groups excluding carboxylic acids is 1. The number of nitrogens with one attached hydrogen (secondary N) is 1. The van der Waals surface area contributed by atoms with Gasteiger partial charge in [0.1, 0.15) is 0 Å². The fourth-order valence-corrected chi connectivity index (χ4v) is 3.72. The normalized spacial score (nSPS) is 20.5. The Hall–Kier alpha value is -1.60. The van der Waals surface area contributed by atoms with E-state index in [9.17, 15) is 13.2 Å². The summed E-state index contributed by atoms with van der Waals surface area (Å²) in [6.07, 6.45) is 1.91. The number of hydrogen-bond acceptors (Lipinski definition) is 5. The molecule has 0 unspecified atom stereocenters. The molecule has 1 aromatic rings. The van der Waals surface area contributed by atoms with Crippen LogP contribution in [0.3, 0.4) is 0 Å². The van der Waals surface area contributed by atoms with E-state index in [4.69, 9.17) is 16.4 Å². The number of nitrogens with zero attached hydrogens (tertiary/aromatic N) is 1. The molecule has 2 rings (SSSR count). The molecule has 8 heteroatoms. The second kappa shape index (κ2) is 6.91. The van der Waals surface area contributed by atoms with Gasteiger partial charge in [0, 0.05) is 11.1 Å². The summed E-state index contributed by atoms with van der Waals surface area (Å²) in [7, 11) is -3.00. The van der Waals surface area contributed by atoms with Crippen molar-refractivity contribution in [2.75, 3.05) is 18.1 Å². The first kappa shape index (κ1) is 15.8. The molecule has 1 fully saturated rings. The highest BCUT2D eigenvalue weighted by Crippen LogP contribution is 2.11. The summed E-state index contributed by atoms with van der Waals surface area (Å²) in [5.41, 5.74) is 0.793. The maximum atomic E-state index is 11.5. The number of benzene rings is 1. The van der Waals surface area contributed by atoms with Crippen LogP contribution >= 0.6 is 11.6 Å². The lowest BCUT2D eigenvalue weighted by molar-refractivity contribution is -0.126. The first-order chi connectivity index (χ1) is 9.94. The number of amides is 1. The van der Waals surface area contributed by atoms with Crippen LogP contribution in [0.1, 0.15) is 12.0 Å². The van der Waals surface area contributed by atoms with Gasteiger partial charge in [-0.1, -0.05) is 28.9 Å². The Bertz CT molecular complexity index is 628. The van der Waals surface area contributed by atoms with Crippen LogP contribution < -0.4 is 5.32 Å². The maximum Gasteiger partial charge on any atom is 0.261 e. The fraction of sp³-hybridized carbons (Fsp3) is 0.385. The molecule has 6 nitrogen and oxygen atoms in total. The van der Waals surface area contributed by atoms with E-state index < -0.39 is 9.84 Å². The topological polar surface area (TPSA) is 84.8 Å². The van der Waals surface area contributed by atoms with Crippen molar-refractivity contribution >= 4 is 33.6 Å². The monoisotopic (exact) mass is 330 g/mol. The molecule has 1 N–H and O–H groups in total. The van der Waals surface area contributed by atoms with Gasteiger partial charge in [-0.2, -0.15) is 0 Å². The average Bonchev–Trinajstić information content (AvgIpc) is 2.76. The smallest absolute Gasteiger partial charge is 0.261 e. The van der Waals surface area contributed by atoms with Gasteiger partial charge >= 0.3 is 0 Å². The lowest BCUT2D eigenvalue weighted by Crippen LogP contribution is -2.37. The van der Waals surface area contributed by atoms with E-state index in [1.807, 2.05) is 0 Å². The highest BCUT2D eigenvalue weighted by atomic mass is 35.5. The highest BCUT2D eigenvalue weighted by molar-refractivity contribution is 7.91. The third kappa shape index (κ3) is 5.35. The van der Waals surface area contributed by atoms with E-state index in [0.29, 0.717) is 11.4 Å². The van der Waals surface area contributed by atoms with Crippen LogP contribution in [0.4, 0.5) is 0 Å². The first-order valence-electron chi connectivity index (χ1n) is 6.35. The summed E-state index contributed by atoms with van der Waals surface area (Å²) in [6, 6.07) is 6.63. The number of sulfone groups is 1. The number of rotatable bonds is 5. The lowest BCUT2D eigenvalue weighted by Gasteiger charge is -2.09. The minimum atomic E-state index is -3.00. The molecule has 1 saturated heterocycles. The molecule has 1 aromatic carbocycles. The summed E-state index contributed by atoms with van der Waals surface area (Å²) < 4.78 is 22.5. The summed E-state index contributed by atoms with van der Waals surface area (Å²) in [4.78, 5) is 16.4. The third-order valence-corrected chi connectivity index (χ3v) is 4.96. The molecule has 1 aliphatic heterocycles. The van der Waals surface area contributed by atoms with Crippen molar-refractivity contribution < 1.29 is 18.0 Å². The zero-order valence-electron chi connectivity index (χ0n) is 11.2.